The predicted molar refractivity (Wildman–Crippen MR) is 120 cm³/mol. The Morgan fingerprint density at radius 3 is 2.73 bits per heavy atom. The van der Waals surface area contributed by atoms with Crippen molar-refractivity contribution in [3.8, 4) is 11.3 Å². The number of rotatable bonds is 6. The zero-order chi connectivity index (χ0) is 21.1. The molecule has 1 aliphatic heterocycles. The van der Waals surface area contributed by atoms with Gasteiger partial charge < -0.3 is 5.32 Å². The first-order valence-electron chi connectivity index (χ1n) is 9.57. The standard InChI is InChI=1S/C22H21ClN4O2S/c1-30-18-7-5-15(6-8-18)13-24-20(28)14-26-21-12-19(16-3-2-4-17(23)11-16)25-27(21)10-9-22(26)29/h2-8,11-12H,9-10,13-14H2,1H3,(H,24,28). The molecule has 30 heavy (non-hydrogen) atoms. The summed E-state index contributed by atoms with van der Waals surface area (Å²) in [7, 11) is 0. The molecule has 0 aliphatic carbocycles. The lowest BCUT2D eigenvalue weighted by Gasteiger charge is -2.26. The molecule has 1 aliphatic rings. The van der Waals surface area contributed by atoms with Crippen LogP contribution in [0.25, 0.3) is 11.3 Å². The number of fused-ring (bicyclic) bond motifs is 1. The van der Waals surface area contributed by atoms with E-state index in [1.54, 1.807) is 22.5 Å². The number of nitrogens with zero attached hydrogens (tertiary/aromatic N) is 3. The number of amides is 2. The van der Waals surface area contributed by atoms with Gasteiger partial charge in [0.25, 0.3) is 0 Å². The van der Waals surface area contributed by atoms with Gasteiger partial charge in [0.1, 0.15) is 12.4 Å². The van der Waals surface area contributed by atoms with Crippen LogP contribution < -0.4 is 10.2 Å². The fourth-order valence-corrected chi connectivity index (χ4v) is 3.95. The number of anilines is 1. The molecule has 2 aromatic carbocycles. The summed E-state index contributed by atoms with van der Waals surface area (Å²) in [4.78, 5) is 27.7. The molecule has 0 fully saturated rings. The van der Waals surface area contributed by atoms with Crippen molar-refractivity contribution in [1.82, 2.24) is 15.1 Å². The Morgan fingerprint density at radius 1 is 1.20 bits per heavy atom. The van der Waals surface area contributed by atoms with Gasteiger partial charge in [0.2, 0.25) is 11.8 Å². The zero-order valence-electron chi connectivity index (χ0n) is 16.5. The Bertz CT molecular complexity index is 1080. The van der Waals surface area contributed by atoms with E-state index in [4.69, 9.17) is 11.6 Å². The summed E-state index contributed by atoms with van der Waals surface area (Å²) in [5.74, 6) is 0.330. The summed E-state index contributed by atoms with van der Waals surface area (Å²) >= 11 is 7.76. The molecule has 154 valence electrons. The lowest BCUT2D eigenvalue weighted by molar-refractivity contribution is -0.124. The van der Waals surface area contributed by atoms with Gasteiger partial charge in [-0.05, 0) is 36.1 Å². The molecule has 0 radical (unpaired) electrons. The number of nitrogens with one attached hydrogen (secondary N) is 1. The van der Waals surface area contributed by atoms with E-state index in [1.807, 2.05) is 54.8 Å². The van der Waals surface area contributed by atoms with Crippen LogP contribution in [0.4, 0.5) is 5.82 Å². The van der Waals surface area contributed by atoms with E-state index >= 15 is 0 Å². The third-order valence-corrected chi connectivity index (χ3v) is 5.92. The van der Waals surface area contributed by atoms with E-state index in [1.165, 1.54) is 9.80 Å². The molecule has 6 nitrogen and oxygen atoms in total. The summed E-state index contributed by atoms with van der Waals surface area (Å²) in [6.07, 6.45) is 2.34. The van der Waals surface area contributed by atoms with Gasteiger partial charge in [0.15, 0.2) is 0 Å². The largest absolute Gasteiger partial charge is 0.350 e. The fourth-order valence-electron chi connectivity index (χ4n) is 3.35. The third-order valence-electron chi connectivity index (χ3n) is 4.94. The van der Waals surface area contributed by atoms with Gasteiger partial charge in [0.05, 0.1) is 12.2 Å². The van der Waals surface area contributed by atoms with Crippen LogP contribution in [0.2, 0.25) is 5.02 Å². The monoisotopic (exact) mass is 440 g/mol. The maximum Gasteiger partial charge on any atom is 0.240 e. The Labute approximate surface area is 184 Å². The second-order valence-corrected chi connectivity index (χ2v) is 8.29. The van der Waals surface area contributed by atoms with E-state index in [-0.39, 0.29) is 18.4 Å². The number of aryl methyl sites for hydroxylation is 1. The highest BCUT2D eigenvalue weighted by molar-refractivity contribution is 7.98. The normalized spacial score (nSPS) is 13.3. The van der Waals surface area contributed by atoms with Crippen molar-refractivity contribution in [3.05, 3.63) is 65.2 Å². The Morgan fingerprint density at radius 2 is 2.00 bits per heavy atom. The molecule has 0 spiro atoms. The molecular formula is C22H21ClN4O2S. The first kappa shape index (κ1) is 20.5. The molecule has 8 heteroatoms. The van der Waals surface area contributed by atoms with E-state index in [2.05, 4.69) is 10.4 Å². The minimum absolute atomic E-state index is 0.0393. The fraction of sp³-hybridized carbons (Fsp3) is 0.227. The van der Waals surface area contributed by atoms with Crippen LogP contribution in [0.3, 0.4) is 0 Å². The minimum Gasteiger partial charge on any atom is -0.350 e. The van der Waals surface area contributed by atoms with Crippen LogP contribution in [0.1, 0.15) is 12.0 Å². The molecule has 1 N–H and O–H groups in total. The van der Waals surface area contributed by atoms with Crippen LogP contribution in [0, 0.1) is 0 Å². The highest BCUT2D eigenvalue weighted by Gasteiger charge is 2.28. The van der Waals surface area contributed by atoms with E-state index in [0.717, 1.165) is 16.8 Å². The second kappa shape index (κ2) is 8.93. The third kappa shape index (κ3) is 4.52. The molecule has 0 bridgehead atoms. The first-order valence-corrected chi connectivity index (χ1v) is 11.2. The van der Waals surface area contributed by atoms with Crippen molar-refractivity contribution in [2.24, 2.45) is 0 Å². The van der Waals surface area contributed by atoms with Crippen LogP contribution in [-0.2, 0) is 22.7 Å². The smallest absolute Gasteiger partial charge is 0.240 e. The lowest BCUT2D eigenvalue weighted by atomic mass is 10.1. The van der Waals surface area contributed by atoms with Crippen molar-refractivity contribution >= 4 is 41.0 Å². The number of hydrogen-bond acceptors (Lipinski definition) is 4. The molecule has 3 aromatic rings. The molecule has 0 saturated carbocycles. The number of benzene rings is 2. The number of carbonyl (C=O) groups excluding carboxylic acids is 2. The average molecular weight is 441 g/mol. The van der Waals surface area contributed by atoms with Gasteiger partial charge in [-0.2, -0.15) is 5.10 Å². The van der Waals surface area contributed by atoms with E-state index in [0.29, 0.717) is 30.4 Å². The van der Waals surface area contributed by atoms with Crippen molar-refractivity contribution in [2.45, 2.75) is 24.4 Å². The summed E-state index contributed by atoms with van der Waals surface area (Å²) in [5.41, 5.74) is 2.61. The van der Waals surface area contributed by atoms with E-state index < -0.39 is 0 Å². The number of hydrogen-bond donors (Lipinski definition) is 1. The Balaban J connectivity index is 1.46. The first-order chi connectivity index (χ1) is 14.5. The molecular weight excluding hydrogens is 420 g/mol. The topological polar surface area (TPSA) is 67.2 Å². The van der Waals surface area contributed by atoms with Crippen LogP contribution in [-0.4, -0.2) is 34.4 Å². The average Bonchev–Trinajstić information content (AvgIpc) is 3.19. The summed E-state index contributed by atoms with van der Waals surface area (Å²) < 4.78 is 1.77. The molecule has 2 heterocycles. The molecule has 4 rings (SSSR count). The number of halogens is 1. The van der Waals surface area contributed by atoms with Crippen LogP contribution in [0.15, 0.2) is 59.5 Å². The molecule has 0 saturated heterocycles. The summed E-state index contributed by atoms with van der Waals surface area (Å²) in [6.45, 7) is 0.875. The summed E-state index contributed by atoms with van der Waals surface area (Å²) in [5, 5.41) is 8.11. The molecule has 0 atom stereocenters. The summed E-state index contributed by atoms with van der Waals surface area (Å²) in [6, 6.07) is 17.3. The van der Waals surface area contributed by atoms with Gasteiger partial charge >= 0.3 is 0 Å². The van der Waals surface area contributed by atoms with Gasteiger partial charge in [0, 0.05) is 34.5 Å². The molecule has 2 amide bonds. The maximum atomic E-state index is 12.5. The van der Waals surface area contributed by atoms with Crippen LogP contribution in [0.5, 0.6) is 0 Å². The Hall–Kier alpha value is -2.77. The van der Waals surface area contributed by atoms with Gasteiger partial charge in [-0.3, -0.25) is 14.5 Å². The minimum atomic E-state index is -0.212. The van der Waals surface area contributed by atoms with Crippen LogP contribution >= 0.6 is 23.4 Å². The highest BCUT2D eigenvalue weighted by atomic mass is 35.5. The zero-order valence-corrected chi connectivity index (χ0v) is 18.0. The van der Waals surface area contributed by atoms with Gasteiger partial charge in [-0.25, -0.2) is 4.68 Å². The van der Waals surface area contributed by atoms with Crippen molar-refractivity contribution in [3.63, 3.8) is 0 Å². The van der Waals surface area contributed by atoms with Crippen molar-refractivity contribution in [1.29, 1.82) is 0 Å². The van der Waals surface area contributed by atoms with E-state index in [9.17, 15) is 9.59 Å². The number of aromatic nitrogens is 2. The van der Waals surface area contributed by atoms with Gasteiger partial charge in [-0.1, -0.05) is 35.9 Å². The van der Waals surface area contributed by atoms with Gasteiger partial charge in [-0.15, -0.1) is 11.8 Å². The number of carbonyl (C=O) groups is 2. The van der Waals surface area contributed by atoms with Crippen molar-refractivity contribution < 1.29 is 9.59 Å². The highest BCUT2D eigenvalue weighted by Crippen LogP contribution is 2.29. The molecule has 0 unspecified atom stereocenters. The maximum absolute atomic E-state index is 12.5. The quantitative estimate of drug-likeness (QED) is 0.589. The SMILES string of the molecule is CSc1ccc(CNC(=O)CN2C(=O)CCn3nc(-c4cccc(Cl)c4)cc32)cc1. The predicted octanol–water partition coefficient (Wildman–Crippen LogP) is 3.98. The Kier molecular flexibility index (Phi) is 6.11. The van der Waals surface area contributed by atoms with Crippen molar-refractivity contribution in [2.75, 3.05) is 17.7 Å². The molecule has 1 aromatic heterocycles. The number of thioether (sulfide) groups is 1. The second-order valence-electron chi connectivity index (χ2n) is 6.98. The lowest BCUT2D eigenvalue weighted by Crippen LogP contribution is -2.44.